The first-order valence-electron chi connectivity index (χ1n) is 7.41. The summed E-state index contributed by atoms with van der Waals surface area (Å²) in [5, 5.41) is 12.0. The maximum atomic E-state index is 8.90. The predicted octanol–water partition coefficient (Wildman–Crippen LogP) is 2.23. The molecule has 20 heavy (non-hydrogen) atoms. The fraction of sp³-hybridized carbons (Fsp3) is 0.600. The molecule has 0 saturated heterocycles. The molecule has 1 saturated carbocycles. The van der Waals surface area contributed by atoms with Crippen molar-refractivity contribution in [2.24, 2.45) is 16.8 Å². The molecule has 5 heteroatoms. The molecule has 0 amide bonds. The maximum Gasteiger partial charge on any atom is 0.224 e. The third-order valence-electron chi connectivity index (χ3n) is 4.39. The summed E-state index contributed by atoms with van der Waals surface area (Å²) in [5.41, 5.74) is 8.64. The van der Waals surface area contributed by atoms with Gasteiger partial charge in [-0.3, -0.25) is 0 Å². The number of nitrogens with two attached hydrogens (primary N) is 1. The number of ether oxygens (including phenoxy) is 1. The van der Waals surface area contributed by atoms with Gasteiger partial charge in [-0.25, -0.2) is 4.98 Å². The molecule has 108 valence electrons. The number of rotatable bonds is 5. The minimum atomic E-state index is 0.0749. The highest BCUT2D eigenvalue weighted by Crippen LogP contribution is 2.30. The van der Waals surface area contributed by atoms with Crippen molar-refractivity contribution in [3.05, 3.63) is 22.9 Å². The van der Waals surface area contributed by atoms with Gasteiger partial charge >= 0.3 is 0 Å². The fourth-order valence-electron chi connectivity index (χ4n) is 2.90. The predicted molar refractivity (Wildman–Crippen MR) is 76.2 cm³/mol. The Bertz CT molecular complexity index is 524. The lowest BCUT2D eigenvalue weighted by atomic mass is 9.83. The van der Waals surface area contributed by atoms with Gasteiger partial charge in [0.15, 0.2) is 5.84 Å². The number of hydrogen-bond acceptors (Lipinski definition) is 4. The molecular formula is C15H21N3O2. The van der Waals surface area contributed by atoms with Crippen LogP contribution in [0.1, 0.15) is 48.9 Å². The Morgan fingerprint density at radius 3 is 2.95 bits per heavy atom. The van der Waals surface area contributed by atoms with Crippen molar-refractivity contribution in [3.8, 4) is 5.88 Å². The van der Waals surface area contributed by atoms with Gasteiger partial charge in [-0.05, 0) is 43.2 Å². The van der Waals surface area contributed by atoms with Crippen LogP contribution >= 0.6 is 0 Å². The molecule has 2 aliphatic carbocycles. The molecule has 1 aromatic heterocycles. The van der Waals surface area contributed by atoms with Crippen LogP contribution < -0.4 is 10.5 Å². The lowest BCUT2D eigenvalue weighted by Gasteiger charge is -2.25. The van der Waals surface area contributed by atoms with Crippen LogP contribution in [0.15, 0.2) is 11.2 Å². The van der Waals surface area contributed by atoms with Gasteiger partial charge in [0.2, 0.25) is 5.88 Å². The molecule has 3 rings (SSSR count). The third kappa shape index (κ3) is 2.57. The molecule has 2 aliphatic rings. The van der Waals surface area contributed by atoms with Crippen molar-refractivity contribution in [2.45, 2.75) is 44.9 Å². The SMILES string of the molecule is N/C(=N/O)c1cc2c(nc1OCCC1CCC1)CCC2. The molecule has 3 N–H and O–H groups in total. The zero-order valence-corrected chi connectivity index (χ0v) is 11.6. The van der Waals surface area contributed by atoms with Gasteiger partial charge in [0.05, 0.1) is 12.2 Å². The summed E-state index contributed by atoms with van der Waals surface area (Å²) >= 11 is 0. The molecular weight excluding hydrogens is 254 g/mol. The first kappa shape index (κ1) is 13.2. The number of hydrogen-bond donors (Lipinski definition) is 2. The van der Waals surface area contributed by atoms with Gasteiger partial charge in [-0.2, -0.15) is 0 Å². The van der Waals surface area contributed by atoms with Gasteiger partial charge in [0.25, 0.3) is 0 Å². The Morgan fingerprint density at radius 2 is 2.25 bits per heavy atom. The van der Waals surface area contributed by atoms with Gasteiger partial charge < -0.3 is 15.7 Å². The van der Waals surface area contributed by atoms with Crippen LogP contribution in [0.25, 0.3) is 0 Å². The van der Waals surface area contributed by atoms with Gasteiger partial charge in [0, 0.05) is 5.69 Å². The van der Waals surface area contributed by atoms with E-state index in [1.165, 1.54) is 24.8 Å². The number of aromatic nitrogens is 1. The quantitative estimate of drug-likeness (QED) is 0.374. The van der Waals surface area contributed by atoms with Crippen molar-refractivity contribution in [2.75, 3.05) is 6.61 Å². The van der Waals surface area contributed by atoms with E-state index in [1.54, 1.807) is 0 Å². The summed E-state index contributed by atoms with van der Waals surface area (Å²) in [6, 6.07) is 1.96. The van der Waals surface area contributed by atoms with E-state index in [0.717, 1.165) is 37.3 Å². The molecule has 5 nitrogen and oxygen atoms in total. The molecule has 1 fully saturated rings. The van der Waals surface area contributed by atoms with Crippen LogP contribution in [0, 0.1) is 5.92 Å². The standard InChI is InChI=1S/C15H21N3O2/c16-14(18-19)12-9-11-5-2-6-13(11)17-15(12)20-8-7-10-3-1-4-10/h9-10,19H,1-8H2,(H2,16,18). The lowest BCUT2D eigenvalue weighted by molar-refractivity contribution is 0.216. The normalized spacial score (nSPS) is 18.7. The number of nitrogens with zero attached hydrogens (tertiary/aromatic N) is 2. The molecule has 0 unspecified atom stereocenters. The zero-order chi connectivity index (χ0) is 13.9. The van der Waals surface area contributed by atoms with Gasteiger partial charge in [-0.15, -0.1) is 0 Å². The van der Waals surface area contributed by atoms with Crippen LogP contribution in [0.2, 0.25) is 0 Å². The average Bonchev–Trinajstić information content (AvgIpc) is 2.86. The highest BCUT2D eigenvalue weighted by Gasteiger charge is 2.21. The monoisotopic (exact) mass is 275 g/mol. The molecule has 0 atom stereocenters. The van der Waals surface area contributed by atoms with Crippen molar-refractivity contribution < 1.29 is 9.94 Å². The summed E-state index contributed by atoms with van der Waals surface area (Å²) in [4.78, 5) is 4.57. The number of oxime groups is 1. The molecule has 1 heterocycles. The number of pyridine rings is 1. The second-order valence-corrected chi connectivity index (χ2v) is 5.72. The van der Waals surface area contributed by atoms with Crippen LogP contribution in [0.4, 0.5) is 0 Å². The Labute approximate surface area is 118 Å². The van der Waals surface area contributed by atoms with E-state index in [9.17, 15) is 0 Å². The van der Waals surface area contributed by atoms with E-state index in [-0.39, 0.29) is 5.84 Å². The molecule has 0 aromatic carbocycles. The number of amidine groups is 1. The van der Waals surface area contributed by atoms with Crippen LogP contribution in [-0.4, -0.2) is 22.6 Å². The van der Waals surface area contributed by atoms with E-state index >= 15 is 0 Å². The Kier molecular flexibility index (Phi) is 3.76. The first-order valence-corrected chi connectivity index (χ1v) is 7.41. The van der Waals surface area contributed by atoms with E-state index in [0.29, 0.717) is 18.1 Å². The zero-order valence-electron chi connectivity index (χ0n) is 11.6. The van der Waals surface area contributed by atoms with E-state index in [1.807, 2.05) is 6.07 Å². The lowest BCUT2D eigenvalue weighted by Crippen LogP contribution is -2.19. The first-order chi connectivity index (χ1) is 9.78. The molecule has 0 aliphatic heterocycles. The third-order valence-corrected chi connectivity index (χ3v) is 4.39. The highest BCUT2D eigenvalue weighted by molar-refractivity contribution is 5.99. The van der Waals surface area contributed by atoms with Crippen molar-refractivity contribution >= 4 is 5.84 Å². The molecule has 1 aromatic rings. The van der Waals surface area contributed by atoms with Crippen LogP contribution in [-0.2, 0) is 12.8 Å². The largest absolute Gasteiger partial charge is 0.477 e. The van der Waals surface area contributed by atoms with Crippen LogP contribution in [0.5, 0.6) is 5.88 Å². The minimum absolute atomic E-state index is 0.0749. The topological polar surface area (TPSA) is 80.7 Å². The molecule has 0 spiro atoms. The smallest absolute Gasteiger partial charge is 0.224 e. The van der Waals surface area contributed by atoms with E-state index < -0.39 is 0 Å². The number of fused-ring (bicyclic) bond motifs is 1. The van der Waals surface area contributed by atoms with Gasteiger partial charge in [0.1, 0.15) is 0 Å². The van der Waals surface area contributed by atoms with E-state index in [4.69, 9.17) is 15.7 Å². The summed E-state index contributed by atoms with van der Waals surface area (Å²) in [6.07, 6.45) is 8.15. The van der Waals surface area contributed by atoms with E-state index in [2.05, 4.69) is 10.1 Å². The Hall–Kier alpha value is -1.78. The van der Waals surface area contributed by atoms with Gasteiger partial charge in [-0.1, -0.05) is 24.4 Å². The summed E-state index contributed by atoms with van der Waals surface area (Å²) in [5.74, 6) is 1.39. The van der Waals surface area contributed by atoms with Crippen molar-refractivity contribution in [3.63, 3.8) is 0 Å². The van der Waals surface area contributed by atoms with Crippen LogP contribution in [0.3, 0.4) is 0 Å². The maximum absolute atomic E-state index is 8.90. The van der Waals surface area contributed by atoms with Crippen molar-refractivity contribution in [1.29, 1.82) is 0 Å². The van der Waals surface area contributed by atoms with Crippen molar-refractivity contribution in [1.82, 2.24) is 4.98 Å². The summed E-state index contributed by atoms with van der Waals surface area (Å²) in [6.45, 7) is 0.655. The fourth-order valence-corrected chi connectivity index (χ4v) is 2.90. The molecule has 0 radical (unpaired) electrons. The highest BCUT2D eigenvalue weighted by atomic mass is 16.5. The second-order valence-electron chi connectivity index (χ2n) is 5.72. The Morgan fingerprint density at radius 1 is 1.40 bits per heavy atom. The molecule has 0 bridgehead atoms. The summed E-state index contributed by atoms with van der Waals surface area (Å²) < 4.78 is 5.81. The second kappa shape index (κ2) is 5.69. The Balaban J connectivity index is 1.76. The number of aryl methyl sites for hydroxylation is 2. The summed E-state index contributed by atoms with van der Waals surface area (Å²) in [7, 11) is 0. The minimum Gasteiger partial charge on any atom is -0.477 e. The average molecular weight is 275 g/mol.